The van der Waals surface area contributed by atoms with Crippen molar-refractivity contribution >= 4 is 5.97 Å². The molecule has 0 aromatic heterocycles. The molecule has 3 saturated carbocycles. The smallest absolute Gasteiger partial charge is 0.338 e. The van der Waals surface area contributed by atoms with Crippen LogP contribution in [0.25, 0.3) is 0 Å². The molecule has 3 aliphatic carbocycles. The molecule has 0 radical (unpaired) electrons. The predicted octanol–water partition coefficient (Wildman–Crippen LogP) is -1.36. The van der Waals surface area contributed by atoms with Crippen LogP contribution < -0.4 is 0 Å². The first-order valence-corrected chi connectivity index (χ1v) is 11.4. The molecule has 34 heavy (non-hydrogen) atoms. The summed E-state index contributed by atoms with van der Waals surface area (Å²) in [6.45, 7) is 0.985. The third-order valence-electron chi connectivity index (χ3n) is 8.57. The normalized spacial score (nSPS) is 52.5. The predicted molar refractivity (Wildman–Crippen MR) is 109 cm³/mol. The van der Waals surface area contributed by atoms with Gasteiger partial charge >= 0.3 is 5.97 Å². The Morgan fingerprint density at radius 2 is 1.85 bits per heavy atom. The van der Waals surface area contributed by atoms with Gasteiger partial charge in [0.2, 0.25) is 0 Å². The maximum Gasteiger partial charge on any atom is 0.338 e. The number of carbonyl (C=O) groups excluding carboxylic acids is 1. The lowest BCUT2D eigenvalue weighted by molar-refractivity contribution is -0.424. The third-order valence-corrected chi connectivity index (χ3v) is 8.57. The molecule has 1 aromatic rings. The van der Waals surface area contributed by atoms with Crippen LogP contribution >= 0.6 is 0 Å². The van der Waals surface area contributed by atoms with Gasteiger partial charge in [-0.1, -0.05) is 18.2 Å². The van der Waals surface area contributed by atoms with Gasteiger partial charge in [0.25, 0.3) is 0 Å². The van der Waals surface area contributed by atoms with Crippen molar-refractivity contribution in [3.05, 3.63) is 35.9 Å². The fourth-order valence-corrected chi connectivity index (χ4v) is 6.87. The molecule has 5 N–H and O–H groups in total. The highest BCUT2D eigenvalue weighted by Gasteiger charge is 2.94. The van der Waals surface area contributed by atoms with Crippen molar-refractivity contribution in [1.29, 1.82) is 0 Å². The van der Waals surface area contributed by atoms with Gasteiger partial charge in [-0.15, -0.1) is 0 Å². The molecule has 11 nitrogen and oxygen atoms in total. The lowest BCUT2D eigenvalue weighted by Crippen LogP contribution is -2.80. The van der Waals surface area contributed by atoms with Gasteiger partial charge in [-0.3, -0.25) is 0 Å². The maximum absolute atomic E-state index is 12.7. The standard InChI is InChI=1S/C23H28O11/c1-20-9-22(29)13-7-23(20,32-18-16(27)15(26)14(25)12(8-24)31-18)21(13,19(33-20)34-22)10-30-17(28)11-5-3-2-4-6-11/h2-6,12-16,18-19,24-27,29H,7-10H2,1H3/t12-,13-,14-,15+,16-,18+,19-,20-,21+,22+,23+/m1/s1. The number of rotatable bonds is 6. The van der Waals surface area contributed by atoms with Gasteiger partial charge in [-0.2, -0.15) is 0 Å². The van der Waals surface area contributed by atoms with Crippen molar-refractivity contribution in [2.24, 2.45) is 11.3 Å². The molecule has 4 aliphatic heterocycles. The molecular weight excluding hydrogens is 452 g/mol. The maximum atomic E-state index is 12.7. The minimum absolute atomic E-state index is 0.0902. The van der Waals surface area contributed by atoms with Crippen LogP contribution in [0.2, 0.25) is 0 Å². The molecule has 0 amide bonds. The number of esters is 1. The van der Waals surface area contributed by atoms with Crippen molar-refractivity contribution < 1.29 is 54.0 Å². The summed E-state index contributed by atoms with van der Waals surface area (Å²) >= 11 is 0. The first kappa shape index (κ1) is 22.8. The average Bonchev–Trinajstić information content (AvgIpc) is 3.00. The highest BCUT2D eigenvalue weighted by molar-refractivity contribution is 5.89. The topological polar surface area (TPSA) is 164 Å². The van der Waals surface area contributed by atoms with Crippen LogP contribution in [0.15, 0.2) is 30.3 Å². The van der Waals surface area contributed by atoms with Gasteiger partial charge in [0, 0.05) is 12.3 Å². The van der Waals surface area contributed by atoms with Gasteiger partial charge in [0.1, 0.15) is 42.2 Å². The van der Waals surface area contributed by atoms with E-state index in [1.807, 2.05) is 0 Å². The molecule has 6 bridgehead atoms. The molecule has 11 atom stereocenters. The summed E-state index contributed by atoms with van der Waals surface area (Å²) in [6, 6.07) is 8.47. The highest BCUT2D eigenvalue weighted by atomic mass is 16.8. The molecule has 4 saturated heterocycles. The number of hydrogen-bond donors (Lipinski definition) is 5. The Hall–Kier alpha value is -1.67. The zero-order valence-corrected chi connectivity index (χ0v) is 18.4. The monoisotopic (exact) mass is 480 g/mol. The second kappa shape index (κ2) is 7.19. The van der Waals surface area contributed by atoms with E-state index in [2.05, 4.69) is 0 Å². The van der Waals surface area contributed by atoms with Crippen molar-refractivity contribution in [2.75, 3.05) is 13.2 Å². The molecule has 0 unspecified atom stereocenters. The van der Waals surface area contributed by atoms with Crippen LogP contribution in [-0.4, -0.2) is 98.7 Å². The first-order chi connectivity index (χ1) is 16.1. The zero-order chi connectivity index (χ0) is 24.1. The molecule has 7 aliphatic rings. The van der Waals surface area contributed by atoms with Crippen molar-refractivity contribution in [3.8, 4) is 0 Å². The second-order valence-electron chi connectivity index (χ2n) is 10.2. The van der Waals surface area contributed by atoms with Crippen LogP contribution in [0.5, 0.6) is 0 Å². The third kappa shape index (κ3) is 2.59. The van der Waals surface area contributed by atoms with E-state index in [1.165, 1.54) is 0 Å². The molecule has 0 spiro atoms. The molecule has 186 valence electrons. The van der Waals surface area contributed by atoms with E-state index in [-0.39, 0.29) is 19.4 Å². The Bertz CT molecular complexity index is 988. The van der Waals surface area contributed by atoms with E-state index >= 15 is 0 Å². The summed E-state index contributed by atoms with van der Waals surface area (Å²) < 4.78 is 29.7. The van der Waals surface area contributed by atoms with Crippen molar-refractivity contribution in [2.45, 2.75) is 73.8 Å². The minimum atomic E-state index is -1.61. The summed E-state index contributed by atoms with van der Waals surface area (Å²) in [6.07, 6.45) is -7.87. The fraction of sp³-hybridized carbons (Fsp3) is 0.696. The Morgan fingerprint density at radius 3 is 2.56 bits per heavy atom. The zero-order valence-electron chi connectivity index (χ0n) is 18.4. The lowest BCUT2D eigenvalue weighted by Gasteiger charge is -2.67. The lowest BCUT2D eigenvalue weighted by atomic mass is 9.41. The largest absolute Gasteiger partial charge is 0.461 e. The van der Waals surface area contributed by atoms with Crippen LogP contribution in [-0.2, 0) is 23.7 Å². The highest BCUT2D eigenvalue weighted by Crippen LogP contribution is 2.81. The average molecular weight is 480 g/mol. The molecule has 4 heterocycles. The van der Waals surface area contributed by atoms with Gasteiger partial charge in [0.05, 0.1) is 17.6 Å². The van der Waals surface area contributed by atoms with E-state index in [1.54, 1.807) is 37.3 Å². The Balaban J connectivity index is 1.32. The Kier molecular flexibility index (Phi) is 4.81. The summed E-state index contributed by atoms with van der Waals surface area (Å²) in [5.74, 6) is -2.49. The van der Waals surface area contributed by atoms with Gasteiger partial charge in [0.15, 0.2) is 18.4 Å². The van der Waals surface area contributed by atoms with Crippen LogP contribution in [0, 0.1) is 11.3 Å². The van der Waals surface area contributed by atoms with E-state index in [4.69, 9.17) is 23.7 Å². The van der Waals surface area contributed by atoms with Crippen molar-refractivity contribution in [3.63, 3.8) is 0 Å². The van der Waals surface area contributed by atoms with Gasteiger partial charge in [-0.05, 0) is 25.5 Å². The van der Waals surface area contributed by atoms with Gasteiger partial charge in [-0.25, -0.2) is 4.79 Å². The number of aliphatic hydroxyl groups excluding tert-OH is 4. The fourth-order valence-electron chi connectivity index (χ4n) is 6.87. The van der Waals surface area contributed by atoms with Crippen molar-refractivity contribution in [1.82, 2.24) is 0 Å². The van der Waals surface area contributed by atoms with E-state index < -0.39 is 77.9 Å². The minimum Gasteiger partial charge on any atom is -0.461 e. The SMILES string of the molecule is C[C@]12C[C@]3(O)O[C@@H](O1)[C@]1(COC(=O)c4ccccc4)[C@H]3C[C@@]12O[C@@H]1O[C@H](CO)[C@@H](O)[C@H](O)[C@H]1O. The van der Waals surface area contributed by atoms with E-state index in [9.17, 15) is 30.3 Å². The number of carbonyl (C=O) groups is 1. The van der Waals surface area contributed by atoms with Crippen LogP contribution in [0.4, 0.5) is 0 Å². The molecule has 1 aromatic carbocycles. The molecule has 8 rings (SSSR count). The van der Waals surface area contributed by atoms with E-state index in [0.29, 0.717) is 5.56 Å². The number of benzene rings is 1. The van der Waals surface area contributed by atoms with Crippen LogP contribution in [0.3, 0.4) is 0 Å². The second-order valence-corrected chi connectivity index (χ2v) is 10.2. The number of ether oxygens (including phenoxy) is 5. The number of aliphatic hydroxyl groups is 5. The van der Waals surface area contributed by atoms with Gasteiger partial charge < -0.3 is 49.2 Å². The summed E-state index contributed by atoms with van der Waals surface area (Å²) in [7, 11) is 0. The summed E-state index contributed by atoms with van der Waals surface area (Å²) in [5, 5.41) is 51.7. The molecule has 11 heteroatoms. The molecule has 7 fully saturated rings. The Labute approximate surface area is 194 Å². The van der Waals surface area contributed by atoms with Crippen LogP contribution in [0.1, 0.15) is 30.1 Å². The summed E-state index contributed by atoms with van der Waals surface area (Å²) in [5.41, 5.74) is -2.99. The summed E-state index contributed by atoms with van der Waals surface area (Å²) in [4.78, 5) is 12.7. The number of hydrogen-bond acceptors (Lipinski definition) is 11. The first-order valence-electron chi connectivity index (χ1n) is 11.4. The quantitative estimate of drug-likeness (QED) is 0.306. The molecular formula is C23H28O11. The Morgan fingerprint density at radius 1 is 1.12 bits per heavy atom. The van der Waals surface area contributed by atoms with E-state index in [0.717, 1.165) is 0 Å².